The minimum atomic E-state index is -1.10. The third-order valence-electron chi connectivity index (χ3n) is 3.52. The molecule has 1 aromatic rings. The number of carboxylic acid groups (broad SMARTS) is 1. The number of carbonyl (C=O) groups excluding carboxylic acids is 1. The highest BCUT2D eigenvalue weighted by atomic mass is 32.2. The molecule has 1 amide bonds. The van der Waals surface area contributed by atoms with Gasteiger partial charge in [-0.05, 0) is 26.0 Å². The van der Waals surface area contributed by atoms with Gasteiger partial charge in [0.15, 0.2) is 0 Å². The Morgan fingerprint density at radius 3 is 2.65 bits per heavy atom. The largest absolute Gasteiger partial charge is 0.477 e. The van der Waals surface area contributed by atoms with Gasteiger partial charge in [-0.15, -0.1) is 0 Å². The normalized spacial score (nSPS) is 28.2. The summed E-state index contributed by atoms with van der Waals surface area (Å²) < 4.78 is 5.96. The molecular weight excluding hydrogens is 278 g/mol. The fourth-order valence-corrected chi connectivity index (χ4v) is 3.92. The number of amides is 1. The van der Waals surface area contributed by atoms with Gasteiger partial charge in [-0.2, -0.15) is 0 Å². The summed E-state index contributed by atoms with van der Waals surface area (Å²) in [5.41, 5.74) is 0.0223. The first-order chi connectivity index (χ1) is 9.47. The molecule has 3 rings (SSSR count). The molecule has 1 unspecified atom stereocenters. The first kappa shape index (κ1) is 13.1. The van der Waals surface area contributed by atoms with Crippen LogP contribution < -0.4 is 4.74 Å². The van der Waals surface area contributed by atoms with Crippen LogP contribution in [0.3, 0.4) is 0 Å². The molecule has 20 heavy (non-hydrogen) atoms. The summed E-state index contributed by atoms with van der Waals surface area (Å²) in [5, 5.41) is 8.31. The molecule has 104 valence electrons. The van der Waals surface area contributed by atoms with Gasteiger partial charge in [-0.25, -0.2) is 4.79 Å². The van der Waals surface area contributed by atoms with Gasteiger partial charge in [0.05, 0.1) is 0 Å². The molecule has 1 fully saturated rings. The number of carboxylic acids is 1. The third kappa shape index (κ3) is 1.57. The monoisotopic (exact) mass is 291 g/mol. The molecule has 2 aliphatic heterocycles. The van der Waals surface area contributed by atoms with Gasteiger partial charge in [-0.3, -0.25) is 9.69 Å². The first-order valence-corrected chi connectivity index (χ1v) is 7.00. The lowest BCUT2D eigenvalue weighted by Gasteiger charge is -2.50. The van der Waals surface area contributed by atoms with Crippen molar-refractivity contribution in [3.8, 4) is 5.75 Å². The number of fused-ring (bicyclic) bond motifs is 1. The lowest BCUT2D eigenvalue weighted by atomic mass is 9.96. The fraction of sp³-hybridized carbons (Fsp3) is 0.286. The van der Waals surface area contributed by atoms with E-state index in [0.717, 1.165) is 0 Å². The van der Waals surface area contributed by atoms with Crippen molar-refractivity contribution < 1.29 is 19.4 Å². The molecule has 5 nitrogen and oxygen atoms in total. The van der Waals surface area contributed by atoms with Crippen LogP contribution in [0.2, 0.25) is 0 Å². The van der Waals surface area contributed by atoms with Crippen molar-refractivity contribution in [2.75, 3.05) is 0 Å². The number of allylic oxidation sites excluding steroid dienone is 1. The summed E-state index contributed by atoms with van der Waals surface area (Å²) in [6.07, 6.45) is 0. The molecular formula is C14H13NO4S. The number of β-lactam (4-membered cyclic amide) rings is 1. The molecule has 0 aliphatic carbocycles. The topological polar surface area (TPSA) is 66.8 Å². The number of thioether (sulfide) groups is 1. The molecule has 0 bridgehead atoms. The zero-order chi connectivity index (χ0) is 14.5. The van der Waals surface area contributed by atoms with Crippen LogP contribution in [0.15, 0.2) is 40.9 Å². The molecule has 2 atom stereocenters. The van der Waals surface area contributed by atoms with Crippen LogP contribution in [0.5, 0.6) is 5.75 Å². The maximum atomic E-state index is 12.0. The Balaban J connectivity index is 1.97. The summed E-state index contributed by atoms with van der Waals surface area (Å²) >= 11 is 1.29. The molecule has 6 heteroatoms. The van der Waals surface area contributed by atoms with E-state index in [4.69, 9.17) is 4.74 Å². The lowest BCUT2D eigenvalue weighted by Crippen LogP contribution is -2.69. The molecule has 0 aromatic heterocycles. The van der Waals surface area contributed by atoms with E-state index < -0.39 is 11.0 Å². The van der Waals surface area contributed by atoms with Crippen LogP contribution in [0.4, 0.5) is 0 Å². The summed E-state index contributed by atoms with van der Waals surface area (Å²) in [6, 6.07) is 9.11. The van der Waals surface area contributed by atoms with Crippen molar-refractivity contribution in [1.29, 1.82) is 0 Å². The number of rotatable bonds is 3. The number of carbonyl (C=O) groups is 2. The van der Waals surface area contributed by atoms with Crippen LogP contribution >= 0.6 is 11.8 Å². The van der Waals surface area contributed by atoms with E-state index in [-0.39, 0.29) is 17.5 Å². The van der Waals surface area contributed by atoms with Gasteiger partial charge in [-0.1, -0.05) is 30.0 Å². The van der Waals surface area contributed by atoms with Gasteiger partial charge in [0.25, 0.3) is 5.06 Å². The van der Waals surface area contributed by atoms with E-state index in [1.807, 2.05) is 18.2 Å². The van der Waals surface area contributed by atoms with Crippen molar-refractivity contribution in [3.63, 3.8) is 0 Å². The van der Waals surface area contributed by atoms with Crippen LogP contribution in [-0.2, 0) is 9.59 Å². The molecule has 2 aliphatic rings. The second-order valence-electron chi connectivity index (χ2n) is 4.75. The average Bonchev–Trinajstić information content (AvgIpc) is 2.69. The minimum Gasteiger partial charge on any atom is -0.477 e. The highest BCUT2D eigenvalue weighted by molar-refractivity contribution is 8.04. The molecule has 1 saturated heterocycles. The molecule has 0 saturated carbocycles. The van der Waals surface area contributed by atoms with E-state index in [2.05, 4.69) is 0 Å². The number of ether oxygens (including phenoxy) is 1. The van der Waals surface area contributed by atoms with E-state index in [0.29, 0.717) is 10.7 Å². The zero-order valence-corrected chi connectivity index (χ0v) is 11.8. The number of hydrogen-bond acceptors (Lipinski definition) is 4. The van der Waals surface area contributed by atoms with E-state index >= 15 is 0 Å². The number of aliphatic carboxylic acids is 1. The smallest absolute Gasteiger partial charge is 0.353 e. The second kappa shape index (κ2) is 4.28. The van der Waals surface area contributed by atoms with Crippen molar-refractivity contribution in [3.05, 3.63) is 40.9 Å². The van der Waals surface area contributed by atoms with Gasteiger partial charge in [0, 0.05) is 4.91 Å². The molecule has 0 radical (unpaired) electrons. The van der Waals surface area contributed by atoms with E-state index in [9.17, 15) is 14.7 Å². The second-order valence-corrected chi connectivity index (χ2v) is 6.15. The maximum Gasteiger partial charge on any atom is 0.353 e. The van der Waals surface area contributed by atoms with Crippen molar-refractivity contribution in [1.82, 2.24) is 4.90 Å². The Kier molecular flexibility index (Phi) is 2.79. The Bertz CT molecular complexity index is 627. The van der Waals surface area contributed by atoms with Gasteiger partial charge in [0.2, 0.25) is 5.91 Å². The standard InChI is InChI=1S/C14H13NO4S/c1-8-12(16)15-11(13(17)18)9(2)20-14(8,15)19-10-6-4-3-5-7-10/h3-8H,1-2H3,(H,17,18)/t8?,14-/m1/s1. The molecule has 1 N–H and O–H groups in total. The van der Waals surface area contributed by atoms with Crippen LogP contribution in [0.1, 0.15) is 13.8 Å². The highest BCUT2D eigenvalue weighted by Gasteiger charge is 2.67. The minimum absolute atomic E-state index is 0.0223. The number of nitrogens with zero attached hydrogens (tertiary/aromatic N) is 1. The number of para-hydroxylation sites is 1. The first-order valence-electron chi connectivity index (χ1n) is 6.18. The van der Waals surface area contributed by atoms with Crippen LogP contribution in [-0.4, -0.2) is 26.9 Å². The Hall–Kier alpha value is -1.95. The van der Waals surface area contributed by atoms with E-state index in [1.165, 1.54) is 16.7 Å². The van der Waals surface area contributed by atoms with Gasteiger partial charge in [0.1, 0.15) is 17.4 Å². The predicted octanol–water partition coefficient (Wildman–Crippen LogP) is 2.26. The zero-order valence-electron chi connectivity index (χ0n) is 11.0. The fourth-order valence-electron chi connectivity index (χ4n) is 2.51. The highest BCUT2D eigenvalue weighted by Crippen LogP contribution is 2.57. The summed E-state index contributed by atoms with van der Waals surface area (Å²) in [7, 11) is 0. The SMILES string of the molecule is CC1=C(C(=O)O)N2C(=O)C(C)[C@@]2(Oc2ccccc2)S1. The molecule has 0 spiro atoms. The summed E-state index contributed by atoms with van der Waals surface area (Å²) in [4.78, 5) is 25.2. The van der Waals surface area contributed by atoms with Crippen molar-refractivity contribution in [2.24, 2.45) is 5.92 Å². The Labute approximate surface area is 120 Å². The Morgan fingerprint density at radius 1 is 1.40 bits per heavy atom. The van der Waals surface area contributed by atoms with Gasteiger partial charge >= 0.3 is 5.97 Å². The quantitative estimate of drug-likeness (QED) is 0.865. The van der Waals surface area contributed by atoms with E-state index in [1.54, 1.807) is 26.0 Å². The van der Waals surface area contributed by atoms with Gasteiger partial charge < -0.3 is 9.84 Å². The predicted molar refractivity (Wildman–Crippen MR) is 73.7 cm³/mol. The van der Waals surface area contributed by atoms with Crippen molar-refractivity contribution in [2.45, 2.75) is 18.9 Å². The van der Waals surface area contributed by atoms with Crippen LogP contribution in [0, 0.1) is 5.92 Å². The lowest BCUT2D eigenvalue weighted by molar-refractivity contribution is -0.178. The summed E-state index contributed by atoms with van der Waals surface area (Å²) in [5.74, 6) is -1.10. The molecule has 1 aromatic carbocycles. The molecule has 2 heterocycles. The van der Waals surface area contributed by atoms with Crippen molar-refractivity contribution >= 4 is 23.6 Å². The van der Waals surface area contributed by atoms with Crippen LogP contribution in [0.25, 0.3) is 0 Å². The number of hydrogen-bond donors (Lipinski definition) is 1. The summed E-state index contributed by atoms with van der Waals surface area (Å²) in [6.45, 7) is 3.45. The third-order valence-corrected chi connectivity index (χ3v) is 4.93. The average molecular weight is 291 g/mol. The maximum absolute atomic E-state index is 12.0. The Morgan fingerprint density at radius 2 is 2.05 bits per heavy atom. The number of benzene rings is 1.